The molecule has 1 fully saturated rings. The molecule has 1 heterocycles. The molecule has 1 aliphatic heterocycles. The summed E-state index contributed by atoms with van der Waals surface area (Å²) in [6.07, 6.45) is 5.67. The quantitative estimate of drug-likeness (QED) is 0.842. The Morgan fingerprint density at radius 3 is 2.74 bits per heavy atom. The highest BCUT2D eigenvalue weighted by atomic mass is 16.5. The Kier molecular flexibility index (Phi) is 3.17. The van der Waals surface area contributed by atoms with Gasteiger partial charge < -0.3 is 15.2 Å². The molecule has 3 heteroatoms. The number of nitrogens with two attached hydrogens (primary N) is 1. The first-order valence-electron chi connectivity index (χ1n) is 7.24. The average molecular weight is 261 g/mol. The zero-order chi connectivity index (χ0) is 13.5. The molecular weight excluding hydrogens is 238 g/mol. The van der Waals surface area contributed by atoms with E-state index in [9.17, 15) is 0 Å². The van der Waals surface area contributed by atoms with E-state index >= 15 is 0 Å². The van der Waals surface area contributed by atoms with Crippen LogP contribution in [0.25, 0.3) is 0 Å². The minimum Gasteiger partial charge on any atom is -0.497 e. The third-order valence-corrected chi connectivity index (χ3v) is 4.72. The zero-order valence-corrected chi connectivity index (χ0v) is 11.8. The molecule has 1 aliphatic carbocycles. The molecule has 1 atom stereocenters. The summed E-state index contributed by atoms with van der Waals surface area (Å²) in [6.45, 7) is 2.33. The predicted octanol–water partition coefficient (Wildman–Crippen LogP) is 3.43. The summed E-state index contributed by atoms with van der Waals surface area (Å²) in [5.41, 5.74) is 7.44. The third-order valence-electron chi connectivity index (χ3n) is 4.72. The molecule has 0 aromatic heterocycles. The highest BCUT2D eigenvalue weighted by Gasteiger charge is 2.42. The summed E-state index contributed by atoms with van der Waals surface area (Å²) in [6, 6.07) is 6.07. The maximum atomic E-state index is 6.36. The minimum atomic E-state index is -0.0364. The molecule has 0 amide bonds. The van der Waals surface area contributed by atoms with Gasteiger partial charge in [0, 0.05) is 24.1 Å². The summed E-state index contributed by atoms with van der Waals surface area (Å²) >= 11 is 0. The van der Waals surface area contributed by atoms with Crippen LogP contribution in [0, 0.1) is 5.92 Å². The van der Waals surface area contributed by atoms with Crippen LogP contribution in [0.4, 0.5) is 0 Å². The van der Waals surface area contributed by atoms with Crippen LogP contribution in [0.15, 0.2) is 18.2 Å². The van der Waals surface area contributed by atoms with Crippen molar-refractivity contribution in [3.63, 3.8) is 0 Å². The zero-order valence-electron chi connectivity index (χ0n) is 11.8. The van der Waals surface area contributed by atoms with Crippen molar-refractivity contribution in [2.75, 3.05) is 7.11 Å². The van der Waals surface area contributed by atoms with Crippen molar-refractivity contribution < 1.29 is 9.47 Å². The normalized spacial score (nSPS) is 33.6. The summed E-state index contributed by atoms with van der Waals surface area (Å²) in [4.78, 5) is 0. The van der Waals surface area contributed by atoms with Crippen LogP contribution in [0.1, 0.15) is 50.6 Å². The maximum absolute atomic E-state index is 6.36. The van der Waals surface area contributed by atoms with Gasteiger partial charge in [0.15, 0.2) is 0 Å². The lowest BCUT2D eigenvalue weighted by molar-refractivity contribution is -0.00868. The molecule has 2 aliphatic rings. The van der Waals surface area contributed by atoms with Gasteiger partial charge in [-0.2, -0.15) is 0 Å². The van der Waals surface area contributed by atoms with Crippen molar-refractivity contribution in [3.05, 3.63) is 23.8 Å². The van der Waals surface area contributed by atoms with Gasteiger partial charge in [-0.25, -0.2) is 0 Å². The van der Waals surface area contributed by atoms with Gasteiger partial charge in [0.1, 0.15) is 17.1 Å². The molecule has 1 unspecified atom stereocenters. The van der Waals surface area contributed by atoms with Gasteiger partial charge in [-0.1, -0.05) is 13.0 Å². The number of methoxy groups -OCH3 is 1. The second kappa shape index (κ2) is 4.71. The smallest absolute Gasteiger partial charge is 0.128 e. The molecule has 0 radical (unpaired) electrons. The van der Waals surface area contributed by atoms with E-state index in [-0.39, 0.29) is 11.6 Å². The van der Waals surface area contributed by atoms with Crippen molar-refractivity contribution in [2.24, 2.45) is 11.7 Å². The van der Waals surface area contributed by atoms with E-state index in [0.717, 1.165) is 42.2 Å². The predicted molar refractivity (Wildman–Crippen MR) is 75.5 cm³/mol. The van der Waals surface area contributed by atoms with Crippen molar-refractivity contribution in [2.45, 2.75) is 50.7 Å². The van der Waals surface area contributed by atoms with Crippen LogP contribution in [-0.2, 0) is 0 Å². The van der Waals surface area contributed by atoms with Crippen molar-refractivity contribution in [1.29, 1.82) is 0 Å². The molecule has 2 N–H and O–H groups in total. The van der Waals surface area contributed by atoms with Gasteiger partial charge >= 0.3 is 0 Å². The SMILES string of the molecule is COc1ccc2c(c1)OC1(CCC(C)CC1)CC2N. The Bertz CT molecular complexity index is 464. The van der Waals surface area contributed by atoms with E-state index in [1.807, 2.05) is 18.2 Å². The molecule has 0 saturated heterocycles. The fraction of sp³-hybridized carbons (Fsp3) is 0.625. The molecule has 1 aromatic rings. The van der Waals surface area contributed by atoms with Gasteiger partial charge in [0.2, 0.25) is 0 Å². The summed E-state index contributed by atoms with van der Waals surface area (Å²) in [7, 11) is 1.68. The summed E-state index contributed by atoms with van der Waals surface area (Å²) in [5, 5.41) is 0. The largest absolute Gasteiger partial charge is 0.497 e. The standard InChI is InChI=1S/C16H23NO2/c1-11-5-7-16(8-6-11)10-14(17)13-4-3-12(18-2)9-15(13)19-16/h3-4,9,11,14H,5-8,10,17H2,1-2H3. The van der Waals surface area contributed by atoms with E-state index in [0.29, 0.717) is 0 Å². The number of hydrogen-bond acceptors (Lipinski definition) is 3. The number of fused-ring (bicyclic) bond motifs is 1. The number of rotatable bonds is 1. The molecular formula is C16H23NO2. The first-order chi connectivity index (χ1) is 9.12. The molecule has 0 bridgehead atoms. The van der Waals surface area contributed by atoms with Crippen molar-refractivity contribution in [1.82, 2.24) is 0 Å². The van der Waals surface area contributed by atoms with Crippen molar-refractivity contribution in [3.8, 4) is 11.5 Å². The van der Waals surface area contributed by atoms with Gasteiger partial charge in [0.25, 0.3) is 0 Å². The highest BCUT2D eigenvalue weighted by Crippen LogP contribution is 2.47. The lowest BCUT2D eigenvalue weighted by Crippen LogP contribution is -2.45. The third kappa shape index (κ3) is 2.32. The Hall–Kier alpha value is -1.22. The number of ether oxygens (including phenoxy) is 2. The van der Waals surface area contributed by atoms with Gasteiger partial charge in [-0.05, 0) is 37.7 Å². The monoisotopic (exact) mass is 261 g/mol. The fourth-order valence-electron chi connectivity index (χ4n) is 3.42. The summed E-state index contributed by atoms with van der Waals surface area (Å²) in [5.74, 6) is 2.58. The molecule has 1 spiro atoms. The number of hydrogen-bond donors (Lipinski definition) is 1. The van der Waals surface area contributed by atoms with Crippen LogP contribution in [-0.4, -0.2) is 12.7 Å². The average Bonchev–Trinajstić information content (AvgIpc) is 2.42. The van der Waals surface area contributed by atoms with Crippen LogP contribution >= 0.6 is 0 Å². The van der Waals surface area contributed by atoms with Crippen LogP contribution in [0.3, 0.4) is 0 Å². The Morgan fingerprint density at radius 1 is 1.32 bits per heavy atom. The van der Waals surface area contributed by atoms with E-state index in [2.05, 4.69) is 6.92 Å². The Labute approximate surface area is 115 Å². The lowest BCUT2D eigenvalue weighted by atomic mass is 9.74. The molecule has 1 aromatic carbocycles. The molecule has 3 rings (SSSR count). The Morgan fingerprint density at radius 2 is 2.05 bits per heavy atom. The lowest BCUT2D eigenvalue weighted by Gasteiger charge is -2.45. The van der Waals surface area contributed by atoms with E-state index in [4.69, 9.17) is 15.2 Å². The van der Waals surface area contributed by atoms with Crippen LogP contribution in [0.2, 0.25) is 0 Å². The first-order valence-corrected chi connectivity index (χ1v) is 7.24. The van der Waals surface area contributed by atoms with Crippen molar-refractivity contribution >= 4 is 0 Å². The van der Waals surface area contributed by atoms with Gasteiger partial charge in [-0.3, -0.25) is 0 Å². The highest BCUT2D eigenvalue weighted by molar-refractivity contribution is 5.44. The molecule has 104 valence electrons. The summed E-state index contributed by atoms with van der Waals surface area (Å²) < 4.78 is 11.6. The maximum Gasteiger partial charge on any atom is 0.128 e. The number of benzene rings is 1. The minimum absolute atomic E-state index is 0.0364. The topological polar surface area (TPSA) is 44.5 Å². The first kappa shape index (κ1) is 12.8. The second-order valence-electron chi connectivity index (χ2n) is 6.18. The van der Waals surface area contributed by atoms with Crippen LogP contribution in [0.5, 0.6) is 11.5 Å². The van der Waals surface area contributed by atoms with Gasteiger partial charge in [-0.15, -0.1) is 0 Å². The van der Waals surface area contributed by atoms with E-state index in [1.165, 1.54) is 12.8 Å². The van der Waals surface area contributed by atoms with E-state index < -0.39 is 0 Å². The molecule has 1 saturated carbocycles. The fourth-order valence-corrected chi connectivity index (χ4v) is 3.42. The molecule has 19 heavy (non-hydrogen) atoms. The molecule has 3 nitrogen and oxygen atoms in total. The van der Waals surface area contributed by atoms with E-state index in [1.54, 1.807) is 7.11 Å². The second-order valence-corrected chi connectivity index (χ2v) is 6.18. The Balaban J connectivity index is 1.89. The van der Waals surface area contributed by atoms with Gasteiger partial charge in [0.05, 0.1) is 7.11 Å². The van der Waals surface area contributed by atoms with Crippen LogP contribution < -0.4 is 15.2 Å².